The van der Waals surface area contributed by atoms with Gasteiger partial charge in [0, 0.05) is 49.9 Å². The van der Waals surface area contributed by atoms with Gasteiger partial charge >= 0.3 is 0 Å². The number of piperidine rings is 1. The van der Waals surface area contributed by atoms with Crippen molar-refractivity contribution in [2.24, 2.45) is 5.92 Å². The van der Waals surface area contributed by atoms with Gasteiger partial charge in [0.1, 0.15) is 12.1 Å². The van der Waals surface area contributed by atoms with Gasteiger partial charge in [-0.3, -0.25) is 24.0 Å². The minimum Gasteiger partial charge on any atom is -0.351 e. The predicted molar refractivity (Wildman–Crippen MR) is 127 cm³/mol. The van der Waals surface area contributed by atoms with Crippen molar-refractivity contribution in [3.05, 3.63) is 22.4 Å². The van der Waals surface area contributed by atoms with E-state index in [1.807, 2.05) is 17.5 Å². The molecule has 188 valence electrons. The summed E-state index contributed by atoms with van der Waals surface area (Å²) in [7, 11) is 0. The van der Waals surface area contributed by atoms with E-state index in [0.717, 1.165) is 4.88 Å². The lowest BCUT2D eigenvalue weighted by molar-refractivity contribution is -0.148. The second-order valence-corrected chi connectivity index (χ2v) is 11.0. The average molecular weight is 502 g/mol. The molecule has 1 aromatic heterocycles. The fraction of sp³-hybridized carbons (Fsp3) is 0.625. The molecule has 1 aromatic rings. The topological polar surface area (TPSA) is 119 Å². The van der Waals surface area contributed by atoms with E-state index >= 15 is 0 Å². The van der Waals surface area contributed by atoms with Gasteiger partial charge in [0.15, 0.2) is 0 Å². The van der Waals surface area contributed by atoms with Crippen molar-refractivity contribution in [1.29, 1.82) is 0 Å². The van der Waals surface area contributed by atoms with Crippen LogP contribution in [0, 0.1) is 5.92 Å². The summed E-state index contributed by atoms with van der Waals surface area (Å²) in [4.78, 5) is 70.1. The zero-order valence-corrected chi connectivity index (χ0v) is 20.6. The van der Waals surface area contributed by atoms with E-state index in [9.17, 15) is 24.0 Å². The molecule has 0 aromatic carbocycles. The van der Waals surface area contributed by atoms with E-state index in [1.54, 1.807) is 14.7 Å². The summed E-state index contributed by atoms with van der Waals surface area (Å²) in [6.45, 7) is 3.30. The first-order valence-corrected chi connectivity index (χ1v) is 13.2. The first-order chi connectivity index (χ1) is 16.8. The van der Waals surface area contributed by atoms with Crippen LogP contribution in [0.5, 0.6) is 0 Å². The molecule has 35 heavy (non-hydrogen) atoms. The number of rotatable bonds is 4. The number of hydrogen-bond donors (Lipinski definition) is 2. The van der Waals surface area contributed by atoms with E-state index in [1.165, 1.54) is 18.3 Å². The summed E-state index contributed by atoms with van der Waals surface area (Å²) in [5.74, 6) is -0.854. The van der Waals surface area contributed by atoms with Crippen molar-refractivity contribution in [2.45, 2.75) is 63.2 Å². The van der Waals surface area contributed by atoms with Crippen LogP contribution in [0.2, 0.25) is 0 Å². The molecule has 0 spiro atoms. The molecule has 4 saturated heterocycles. The molecule has 4 aliphatic rings. The second-order valence-electron chi connectivity index (χ2n) is 9.92. The molecule has 0 saturated carbocycles. The Morgan fingerprint density at radius 3 is 2.60 bits per heavy atom. The summed E-state index contributed by atoms with van der Waals surface area (Å²) < 4.78 is 0. The van der Waals surface area contributed by atoms with E-state index in [-0.39, 0.29) is 54.5 Å². The third kappa shape index (κ3) is 4.65. The number of nitrogens with zero attached hydrogens (tertiary/aromatic N) is 3. The lowest BCUT2D eigenvalue weighted by Crippen LogP contribution is -2.54. The number of amides is 5. The number of hydrogen-bond acceptors (Lipinski definition) is 6. The third-order valence-electron chi connectivity index (χ3n) is 7.72. The molecule has 4 fully saturated rings. The highest BCUT2D eigenvalue weighted by Gasteiger charge is 2.53. The Labute approximate surface area is 208 Å². The zero-order chi connectivity index (χ0) is 24.7. The van der Waals surface area contributed by atoms with Gasteiger partial charge in [0.25, 0.3) is 0 Å². The molecule has 5 amide bonds. The Bertz CT molecular complexity index is 1020. The van der Waals surface area contributed by atoms with Gasteiger partial charge in [-0.25, -0.2) is 0 Å². The highest BCUT2D eigenvalue weighted by Crippen LogP contribution is 2.31. The molecule has 5 rings (SSSR count). The van der Waals surface area contributed by atoms with Gasteiger partial charge in [0.05, 0.1) is 12.5 Å². The Morgan fingerprint density at radius 1 is 1.14 bits per heavy atom. The van der Waals surface area contributed by atoms with Crippen LogP contribution in [0.4, 0.5) is 0 Å². The summed E-state index contributed by atoms with van der Waals surface area (Å²) in [6.07, 6.45) is 2.34. The minimum absolute atomic E-state index is 0.0101. The van der Waals surface area contributed by atoms with Gasteiger partial charge in [-0.2, -0.15) is 0 Å². The van der Waals surface area contributed by atoms with Crippen LogP contribution < -0.4 is 10.6 Å². The largest absolute Gasteiger partial charge is 0.351 e. The first kappa shape index (κ1) is 23.8. The lowest BCUT2D eigenvalue weighted by atomic mass is 9.94. The van der Waals surface area contributed by atoms with Crippen molar-refractivity contribution in [2.75, 3.05) is 26.2 Å². The lowest BCUT2D eigenvalue weighted by Gasteiger charge is -2.35. The third-order valence-corrected chi connectivity index (χ3v) is 8.59. The SMILES string of the molecule is CC(=O)N1CCC(C(=O)N2CCC3NC(=O)C4CC(NC(=O)Cc5cccs5)CN4C(=O)C32)CC1. The zero-order valence-electron chi connectivity index (χ0n) is 19.8. The number of carbonyl (C=O) groups is 5. The van der Waals surface area contributed by atoms with E-state index < -0.39 is 18.1 Å². The predicted octanol–water partition coefficient (Wildman–Crippen LogP) is -0.266. The molecule has 11 heteroatoms. The number of likely N-dealkylation sites (tertiary alicyclic amines) is 2. The molecule has 4 atom stereocenters. The van der Waals surface area contributed by atoms with Crippen molar-refractivity contribution in [3.8, 4) is 0 Å². The van der Waals surface area contributed by atoms with Crippen LogP contribution in [0.15, 0.2) is 17.5 Å². The Hall–Kier alpha value is -2.95. The Kier molecular flexibility index (Phi) is 6.52. The first-order valence-electron chi connectivity index (χ1n) is 12.3. The summed E-state index contributed by atoms with van der Waals surface area (Å²) in [6, 6.07) is 1.74. The fourth-order valence-corrected chi connectivity index (χ4v) is 6.61. The van der Waals surface area contributed by atoms with Crippen LogP contribution in [0.25, 0.3) is 0 Å². The van der Waals surface area contributed by atoms with Crippen molar-refractivity contribution < 1.29 is 24.0 Å². The van der Waals surface area contributed by atoms with Crippen LogP contribution in [-0.2, 0) is 30.4 Å². The van der Waals surface area contributed by atoms with Gasteiger partial charge in [-0.05, 0) is 37.1 Å². The minimum atomic E-state index is -0.720. The maximum atomic E-state index is 13.7. The number of thiophene rings is 1. The molecule has 4 aliphatic heterocycles. The van der Waals surface area contributed by atoms with Gasteiger partial charge in [0.2, 0.25) is 29.5 Å². The molecule has 0 bridgehead atoms. The van der Waals surface area contributed by atoms with E-state index in [0.29, 0.717) is 45.3 Å². The standard InChI is InChI=1S/C24H31N5O5S/c1-14(30)27-7-4-15(5-8-27)23(33)28-9-6-18-21(28)24(34)29-13-16(11-19(29)22(32)26-18)25-20(31)12-17-3-2-10-35-17/h2-3,10,15-16,18-19,21H,4-9,11-13H2,1H3,(H,25,31)(H,26,32). The van der Waals surface area contributed by atoms with Crippen molar-refractivity contribution in [1.82, 2.24) is 25.3 Å². The van der Waals surface area contributed by atoms with Crippen LogP contribution in [0.3, 0.4) is 0 Å². The maximum absolute atomic E-state index is 13.7. The molecule has 10 nitrogen and oxygen atoms in total. The molecule has 4 unspecified atom stereocenters. The van der Waals surface area contributed by atoms with Gasteiger partial charge in [-0.1, -0.05) is 6.07 Å². The van der Waals surface area contributed by atoms with Crippen LogP contribution in [-0.4, -0.2) is 94.6 Å². The average Bonchev–Trinajstić information content (AvgIpc) is 3.57. The van der Waals surface area contributed by atoms with Crippen LogP contribution in [0.1, 0.15) is 37.5 Å². The number of carbonyl (C=O) groups excluding carboxylic acids is 5. The normalized spacial score (nSPS) is 28.9. The van der Waals surface area contributed by atoms with Gasteiger partial charge in [-0.15, -0.1) is 11.3 Å². The monoisotopic (exact) mass is 501 g/mol. The summed E-state index contributed by atoms with van der Waals surface area (Å²) >= 11 is 1.51. The summed E-state index contributed by atoms with van der Waals surface area (Å²) in [5, 5.41) is 7.90. The molecular formula is C24H31N5O5S. The quantitative estimate of drug-likeness (QED) is 0.589. The van der Waals surface area contributed by atoms with E-state index in [2.05, 4.69) is 10.6 Å². The molecule has 0 radical (unpaired) electrons. The van der Waals surface area contributed by atoms with Crippen molar-refractivity contribution in [3.63, 3.8) is 0 Å². The highest BCUT2D eigenvalue weighted by molar-refractivity contribution is 7.10. The molecule has 0 aliphatic carbocycles. The smallest absolute Gasteiger partial charge is 0.248 e. The number of fused-ring (bicyclic) bond motifs is 2. The fourth-order valence-electron chi connectivity index (χ4n) is 5.90. The Balaban J connectivity index is 1.25. The second kappa shape index (κ2) is 9.60. The van der Waals surface area contributed by atoms with Crippen LogP contribution >= 0.6 is 11.3 Å². The Morgan fingerprint density at radius 2 is 1.91 bits per heavy atom. The molecule has 5 heterocycles. The number of nitrogens with one attached hydrogen (secondary N) is 2. The molecular weight excluding hydrogens is 470 g/mol. The van der Waals surface area contributed by atoms with Crippen molar-refractivity contribution >= 4 is 40.9 Å². The highest BCUT2D eigenvalue weighted by atomic mass is 32.1. The maximum Gasteiger partial charge on any atom is 0.248 e. The van der Waals surface area contributed by atoms with Gasteiger partial charge < -0.3 is 25.3 Å². The summed E-state index contributed by atoms with van der Waals surface area (Å²) in [5.41, 5.74) is 0. The van der Waals surface area contributed by atoms with E-state index in [4.69, 9.17) is 0 Å². The molecule has 2 N–H and O–H groups in total.